The van der Waals surface area contributed by atoms with E-state index in [9.17, 15) is 27.6 Å². The number of benzene rings is 2. The van der Waals surface area contributed by atoms with Crippen LogP contribution in [-0.4, -0.2) is 22.0 Å². The first kappa shape index (κ1) is 19.1. The molecule has 0 spiro atoms. The van der Waals surface area contributed by atoms with E-state index in [4.69, 9.17) is 0 Å². The van der Waals surface area contributed by atoms with Crippen molar-refractivity contribution >= 4 is 22.6 Å². The number of amides is 2. The summed E-state index contributed by atoms with van der Waals surface area (Å²) in [5.41, 5.74) is 2.92. The molecule has 0 aliphatic heterocycles. The van der Waals surface area contributed by atoms with E-state index in [0.717, 1.165) is 12.1 Å². The molecule has 10 heteroatoms. The Labute approximate surface area is 155 Å². The van der Waals surface area contributed by atoms with Crippen LogP contribution in [0.2, 0.25) is 0 Å². The van der Waals surface area contributed by atoms with Crippen LogP contribution in [0.5, 0.6) is 0 Å². The maximum Gasteiger partial charge on any atom is 0.416 e. The van der Waals surface area contributed by atoms with Gasteiger partial charge < -0.3 is 0 Å². The maximum absolute atomic E-state index is 12.7. The number of nitrogens with one attached hydrogen (secondary N) is 3. The number of nitrogens with zero attached hydrogens (tertiary/aromatic N) is 1. The summed E-state index contributed by atoms with van der Waals surface area (Å²) in [4.78, 5) is 35.9. The third-order valence-corrected chi connectivity index (χ3v) is 3.85. The number of hydrogen-bond donors (Lipinski definition) is 3. The van der Waals surface area contributed by atoms with Gasteiger partial charge in [0.05, 0.1) is 17.4 Å². The van der Waals surface area contributed by atoms with E-state index >= 15 is 0 Å². The number of H-pyrrole nitrogens is 1. The Balaban J connectivity index is 1.68. The van der Waals surface area contributed by atoms with Crippen molar-refractivity contribution in [2.45, 2.75) is 12.6 Å². The second-order valence-corrected chi connectivity index (χ2v) is 5.82. The van der Waals surface area contributed by atoms with Crippen molar-refractivity contribution in [3.05, 3.63) is 75.7 Å². The molecule has 144 valence electrons. The second kappa shape index (κ2) is 7.51. The zero-order chi connectivity index (χ0) is 20.3. The molecule has 0 saturated carbocycles. The molecule has 0 radical (unpaired) electrons. The molecule has 1 heterocycles. The van der Waals surface area contributed by atoms with E-state index < -0.39 is 29.1 Å². The summed E-state index contributed by atoms with van der Waals surface area (Å²) in [6, 6.07) is 10.6. The Morgan fingerprint density at radius 3 is 2.43 bits per heavy atom. The minimum absolute atomic E-state index is 0.116. The van der Waals surface area contributed by atoms with Gasteiger partial charge in [-0.1, -0.05) is 36.4 Å². The van der Waals surface area contributed by atoms with Crippen LogP contribution >= 0.6 is 0 Å². The molecular weight excluding hydrogens is 377 g/mol. The summed E-state index contributed by atoms with van der Waals surface area (Å²) >= 11 is 0. The van der Waals surface area contributed by atoms with Gasteiger partial charge in [-0.15, -0.1) is 0 Å². The van der Waals surface area contributed by atoms with Crippen molar-refractivity contribution < 1.29 is 22.8 Å². The predicted molar refractivity (Wildman–Crippen MR) is 93.1 cm³/mol. The highest BCUT2D eigenvalue weighted by molar-refractivity contribution is 6.05. The molecule has 3 aromatic rings. The van der Waals surface area contributed by atoms with Gasteiger partial charge in [-0.3, -0.25) is 25.2 Å². The topological polar surface area (TPSA) is 104 Å². The Bertz CT molecular complexity index is 1110. The molecule has 0 bridgehead atoms. The highest BCUT2D eigenvalue weighted by Gasteiger charge is 2.30. The number of rotatable bonds is 3. The Morgan fingerprint density at radius 1 is 1.00 bits per heavy atom. The predicted octanol–water partition coefficient (Wildman–Crippen LogP) is 1.95. The standard InChI is InChI=1S/C18H13F3N4O3/c19-18(20,21)11-5-3-4-10(8-11)9-14(26)22-25-17(28)15-12-6-1-2-7-13(12)16(27)24-23-15/h1-8H,9H2,(H,22,26)(H,24,27)(H,25,28). The molecule has 2 amide bonds. The van der Waals surface area contributed by atoms with Gasteiger partial charge in [-0.25, -0.2) is 5.10 Å². The molecule has 0 atom stereocenters. The molecule has 28 heavy (non-hydrogen) atoms. The van der Waals surface area contributed by atoms with E-state index in [0.29, 0.717) is 0 Å². The largest absolute Gasteiger partial charge is 0.416 e. The van der Waals surface area contributed by atoms with Gasteiger partial charge in [-0.05, 0) is 17.7 Å². The fourth-order valence-corrected chi connectivity index (χ4v) is 2.56. The summed E-state index contributed by atoms with van der Waals surface area (Å²) in [6.45, 7) is 0. The van der Waals surface area contributed by atoms with Gasteiger partial charge >= 0.3 is 6.18 Å². The highest BCUT2D eigenvalue weighted by Crippen LogP contribution is 2.29. The molecule has 1 aromatic heterocycles. The van der Waals surface area contributed by atoms with Gasteiger partial charge in [0.2, 0.25) is 5.91 Å². The molecule has 0 aliphatic rings. The number of carbonyl (C=O) groups excluding carboxylic acids is 2. The van der Waals surface area contributed by atoms with Crippen molar-refractivity contribution in [2.24, 2.45) is 0 Å². The van der Waals surface area contributed by atoms with Gasteiger partial charge in [0.1, 0.15) is 0 Å². The second-order valence-electron chi connectivity index (χ2n) is 5.82. The first-order valence-corrected chi connectivity index (χ1v) is 7.98. The third kappa shape index (κ3) is 4.17. The van der Waals surface area contributed by atoms with E-state index in [2.05, 4.69) is 21.0 Å². The summed E-state index contributed by atoms with van der Waals surface area (Å²) in [6.07, 6.45) is -4.89. The molecule has 3 rings (SSSR count). The van der Waals surface area contributed by atoms with Crippen molar-refractivity contribution in [1.82, 2.24) is 21.0 Å². The molecule has 7 nitrogen and oxygen atoms in total. The zero-order valence-corrected chi connectivity index (χ0v) is 14.1. The van der Waals surface area contributed by atoms with Crippen molar-refractivity contribution in [1.29, 1.82) is 0 Å². The molecule has 3 N–H and O–H groups in total. The van der Waals surface area contributed by atoms with Gasteiger partial charge in [0.25, 0.3) is 11.5 Å². The Kier molecular flexibility index (Phi) is 5.12. The number of fused-ring (bicyclic) bond motifs is 1. The number of halogens is 3. The average molecular weight is 390 g/mol. The molecular formula is C18H13F3N4O3. The number of aromatic nitrogens is 2. The summed E-state index contributed by atoms with van der Waals surface area (Å²) < 4.78 is 38.1. The lowest BCUT2D eigenvalue weighted by molar-refractivity contribution is -0.137. The van der Waals surface area contributed by atoms with Crippen LogP contribution in [0.3, 0.4) is 0 Å². The van der Waals surface area contributed by atoms with E-state index in [1.165, 1.54) is 24.3 Å². The highest BCUT2D eigenvalue weighted by atomic mass is 19.4. The Hall–Kier alpha value is -3.69. The first-order valence-electron chi connectivity index (χ1n) is 7.98. The molecule has 2 aromatic carbocycles. The quantitative estimate of drug-likeness (QED) is 0.595. The average Bonchev–Trinajstić information content (AvgIpc) is 2.66. The van der Waals surface area contributed by atoms with Crippen LogP contribution in [-0.2, 0) is 17.4 Å². The minimum Gasteiger partial charge on any atom is -0.273 e. The van der Waals surface area contributed by atoms with E-state index in [1.807, 2.05) is 0 Å². The molecule has 0 aliphatic carbocycles. The van der Waals surface area contributed by atoms with Gasteiger partial charge in [-0.2, -0.15) is 18.3 Å². The van der Waals surface area contributed by atoms with Crippen LogP contribution in [0, 0.1) is 0 Å². The van der Waals surface area contributed by atoms with Crippen LogP contribution in [0.25, 0.3) is 10.8 Å². The van der Waals surface area contributed by atoms with Gasteiger partial charge in [0, 0.05) is 5.39 Å². The first-order chi connectivity index (χ1) is 13.3. The van der Waals surface area contributed by atoms with Gasteiger partial charge in [0.15, 0.2) is 5.69 Å². The van der Waals surface area contributed by atoms with Crippen LogP contribution in [0.15, 0.2) is 53.3 Å². The van der Waals surface area contributed by atoms with Crippen LogP contribution in [0.4, 0.5) is 13.2 Å². The maximum atomic E-state index is 12.7. The lowest BCUT2D eigenvalue weighted by Gasteiger charge is -2.10. The SMILES string of the molecule is O=C(Cc1cccc(C(F)(F)F)c1)NNC(=O)c1n[nH]c(=O)c2ccccc12. The number of hydrogen-bond acceptors (Lipinski definition) is 4. The summed E-state index contributed by atoms with van der Waals surface area (Å²) in [7, 11) is 0. The monoisotopic (exact) mass is 390 g/mol. The lowest BCUT2D eigenvalue weighted by Crippen LogP contribution is -2.43. The molecule has 0 saturated heterocycles. The zero-order valence-electron chi connectivity index (χ0n) is 14.1. The Morgan fingerprint density at radius 2 is 1.71 bits per heavy atom. The fourth-order valence-electron chi connectivity index (χ4n) is 2.56. The van der Waals surface area contributed by atoms with E-state index in [1.54, 1.807) is 12.1 Å². The van der Waals surface area contributed by atoms with Crippen LogP contribution in [0.1, 0.15) is 21.6 Å². The number of alkyl halides is 3. The minimum atomic E-state index is -4.52. The van der Waals surface area contributed by atoms with Crippen LogP contribution < -0.4 is 16.4 Å². The number of hydrazine groups is 1. The summed E-state index contributed by atoms with van der Waals surface area (Å²) in [5.74, 6) is -1.51. The van der Waals surface area contributed by atoms with Crippen molar-refractivity contribution in [3.8, 4) is 0 Å². The number of carbonyl (C=O) groups is 2. The number of aromatic amines is 1. The van der Waals surface area contributed by atoms with Crippen molar-refractivity contribution in [3.63, 3.8) is 0 Å². The lowest BCUT2D eigenvalue weighted by atomic mass is 10.1. The molecule has 0 fully saturated rings. The van der Waals surface area contributed by atoms with E-state index in [-0.39, 0.29) is 28.5 Å². The smallest absolute Gasteiger partial charge is 0.273 e. The molecule has 0 unspecified atom stereocenters. The normalized spacial score (nSPS) is 11.2. The van der Waals surface area contributed by atoms with Crippen molar-refractivity contribution in [2.75, 3.05) is 0 Å². The third-order valence-electron chi connectivity index (χ3n) is 3.85. The summed E-state index contributed by atoms with van der Waals surface area (Å²) in [5, 5.41) is 6.40. The fraction of sp³-hybridized carbons (Fsp3) is 0.111.